The fraction of sp³-hybridized carbons (Fsp3) is 0.556. The lowest BCUT2D eigenvalue weighted by atomic mass is 10.2. The van der Waals surface area contributed by atoms with Crippen molar-refractivity contribution in [1.29, 1.82) is 0 Å². The molecule has 1 saturated carbocycles. The van der Waals surface area contributed by atoms with E-state index in [0.29, 0.717) is 5.54 Å². The van der Waals surface area contributed by atoms with Gasteiger partial charge in [-0.2, -0.15) is 0 Å². The Labute approximate surface area is 71.4 Å². The highest BCUT2D eigenvalue weighted by Gasteiger charge is 2.43. The molecule has 1 aliphatic rings. The van der Waals surface area contributed by atoms with Crippen LogP contribution in [0.15, 0.2) is 11.4 Å². The molecule has 1 N–H and O–H groups in total. The Morgan fingerprint density at radius 3 is 2.64 bits per heavy atom. The van der Waals surface area contributed by atoms with Gasteiger partial charge in [0.1, 0.15) is 0 Å². The Morgan fingerprint density at radius 2 is 2.27 bits per heavy atom. The summed E-state index contributed by atoms with van der Waals surface area (Å²) >= 11 is 1.88. The van der Waals surface area contributed by atoms with Gasteiger partial charge >= 0.3 is 0 Å². The standard InChI is InChI=1S/C9H13NS/c1-7-5-8(11-6-7)9(10-2)3-4-9/h5-6,10H,3-4H2,1-2H3. The van der Waals surface area contributed by atoms with Crippen LogP contribution in [0.3, 0.4) is 0 Å². The summed E-state index contributed by atoms with van der Waals surface area (Å²) in [5, 5.41) is 5.62. The zero-order valence-electron chi connectivity index (χ0n) is 6.98. The highest BCUT2D eigenvalue weighted by molar-refractivity contribution is 7.10. The third-order valence-corrected chi connectivity index (χ3v) is 3.68. The fourth-order valence-electron chi connectivity index (χ4n) is 1.43. The predicted octanol–water partition coefficient (Wildman–Crippen LogP) is 2.27. The van der Waals surface area contributed by atoms with Crippen LogP contribution in [0.4, 0.5) is 0 Å². The van der Waals surface area contributed by atoms with Crippen molar-refractivity contribution in [1.82, 2.24) is 5.32 Å². The van der Waals surface area contributed by atoms with E-state index in [9.17, 15) is 0 Å². The molecule has 0 aromatic carbocycles. The van der Waals surface area contributed by atoms with Crippen LogP contribution >= 0.6 is 11.3 Å². The van der Waals surface area contributed by atoms with Crippen molar-refractivity contribution in [2.45, 2.75) is 25.3 Å². The van der Waals surface area contributed by atoms with Crippen LogP contribution in [-0.2, 0) is 5.54 Å². The van der Waals surface area contributed by atoms with Gasteiger partial charge in [-0.15, -0.1) is 11.3 Å². The summed E-state index contributed by atoms with van der Waals surface area (Å²) in [5.74, 6) is 0. The van der Waals surface area contributed by atoms with Gasteiger partial charge < -0.3 is 5.32 Å². The van der Waals surface area contributed by atoms with Gasteiger partial charge in [-0.25, -0.2) is 0 Å². The van der Waals surface area contributed by atoms with Crippen molar-refractivity contribution in [3.8, 4) is 0 Å². The van der Waals surface area contributed by atoms with Crippen molar-refractivity contribution in [2.75, 3.05) is 7.05 Å². The molecule has 11 heavy (non-hydrogen) atoms. The summed E-state index contributed by atoms with van der Waals surface area (Å²) in [6.07, 6.45) is 2.62. The van der Waals surface area contributed by atoms with Gasteiger partial charge in [-0.05, 0) is 43.8 Å². The topological polar surface area (TPSA) is 12.0 Å². The van der Waals surface area contributed by atoms with Gasteiger partial charge in [0.25, 0.3) is 0 Å². The minimum atomic E-state index is 0.374. The number of rotatable bonds is 2. The molecule has 0 bridgehead atoms. The molecule has 1 heterocycles. The molecule has 1 aromatic heterocycles. The highest BCUT2D eigenvalue weighted by Crippen LogP contribution is 2.47. The SMILES string of the molecule is CNC1(c2cc(C)cs2)CC1. The van der Waals surface area contributed by atoms with Crippen LogP contribution < -0.4 is 5.32 Å². The quantitative estimate of drug-likeness (QED) is 0.712. The van der Waals surface area contributed by atoms with Crippen molar-refractivity contribution in [2.24, 2.45) is 0 Å². The van der Waals surface area contributed by atoms with Gasteiger partial charge in [0.2, 0.25) is 0 Å². The van der Waals surface area contributed by atoms with Crippen LogP contribution in [0.5, 0.6) is 0 Å². The molecule has 1 aromatic rings. The van der Waals surface area contributed by atoms with Gasteiger partial charge in [0, 0.05) is 4.88 Å². The average Bonchev–Trinajstić information content (AvgIpc) is 2.70. The summed E-state index contributed by atoms with van der Waals surface area (Å²) in [6.45, 7) is 2.16. The largest absolute Gasteiger partial charge is 0.310 e. The second kappa shape index (κ2) is 2.32. The number of hydrogen-bond donors (Lipinski definition) is 1. The normalized spacial score (nSPS) is 20.2. The van der Waals surface area contributed by atoms with E-state index in [0.717, 1.165) is 0 Å². The molecule has 0 aliphatic heterocycles. The molecule has 0 atom stereocenters. The third-order valence-electron chi connectivity index (χ3n) is 2.43. The van der Waals surface area contributed by atoms with Crippen molar-refractivity contribution >= 4 is 11.3 Å². The van der Waals surface area contributed by atoms with E-state index in [4.69, 9.17) is 0 Å². The number of hydrogen-bond acceptors (Lipinski definition) is 2. The molecule has 0 amide bonds. The number of nitrogens with one attached hydrogen (secondary N) is 1. The average molecular weight is 167 g/mol. The molecule has 1 aliphatic carbocycles. The second-order valence-electron chi connectivity index (χ2n) is 3.32. The van der Waals surface area contributed by atoms with Crippen LogP contribution in [0.1, 0.15) is 23.3 Å². The zero-order chi connectivity index (χ0) is 7.90. The van der Waals surface area contributed by atoms with Crippen LogP contribution in [0.25, 0.3) is 0 Å². The van der Waals surface area contributed by atoms with E-state index in [1.165, 1.54) is 23.3 Å². The van der Waals surface area contributed by atoms with Crippen molar-refractivity contribution in [3.63, 3.8) is 0 Å². The summed E-state index contributed by atoms with van der Waals surface area (Å²) in [7, 11) is 2.06. The molecule has 1 nitrogen and oxygen atoms in total. The molecule has 2 rings (SSSR count). The van der Waals surface area contributed by atoms with Crippen molar-refractivity contribution < 1.29 is 0 Å². The lowest BCUT2D eigenvalue weighted by Crippen LogP contribution is -2.22. The maximum Gasteiger partial charge on any atom is 0.0528 e. The number of aryl methyl sites for hydroxylation is 1. The molecule has 0 unspecified atom stereocenters. The molecule has 60 valence electrons. The minimum absolute atomic E-state index is 0.374. The molecular formula is C9H13NS. The first-order valence-corrected chi connectivity index (χ1v) is 4.89. The smallest absolute Gasteiger partial charge is 0.0528 e. The van der Waals surface area contributed by atoms with Gasteiger partial charge in [0.15, 0.2) is 0 Å². The van der Waals surface area contributed by atoms with Gasteiger partial charge in [-0.1, -0.05) is 0 Å². The summed E-state index contributed by atoms with van der Waals surface area (Å²) < 4.78 is 0. The lowest BCUT2D eigenvalue weighted by molar-refractivity contribution is 0.597. The predicted molar refractivity (Wildman–Crippen MR) is 49.0 cm³/mol. The fourth-order valence-corrected chi connectivity index (χ4v) is 2.59. The summed E-state index contributed by atoms with van der Waals surface area (Å²) in [6, 6.07) is 2.30. The van der Waals surface area contributed by atoms with E-state index >= 15 is 0 Å². The Bertz CT molecular complexity index is 260. The van der Waals surface area contributed by atoms with E-state index < -0.39 is 0 Å². The van der Waals surface area contributed by atoms with Crippen LogP contribution in [-0.4, -0.2) is 7.05 Å². The zero-order valence-corrected chi connectivity index (χ0v) is 7.79. The first kappa shape index (κ1) is 7.32. The van der Waals surface area contributed by atoms with E-state index in [-0.39, 0.29) is 0 Å². The second-order valence-corrected chi connectivity index (χ2v) is 4.23. The molecule has 0 radical (unpaired) electrons. The van der Waals surface area contributed by atoms with Gasteiger partial charge in [-0.3, -0.25) is 0 Å². The van der Waals surface area contributed by atoms with Crippen LogP contribution in [0, 0.1) is 6.92 Å². The molecule has 1 fully saturated rings. The summed E-state index contributed by atoms with van der Waals surface area (Å²) in [5.41, 5.74) is 1.77. The first-order valence-electron chi connectivity index (χ1n) is 4.01. The summed E-state index contributed by atoms with van der Waals surface area (Å²) in [4.78, 5) is 1.51. The van der Waals surface area contributed by atoms with Crippen LogP contribution in [0.2, 0.25) is 0 Å². The Kier molecular flexibility index (Phi) is 1.55. The molecular weight excluding hydrogens is 154 g/mol. The van der Waals surface area contributed by atoms with E-state index in [1.807, 2.05) is 11.3 Å². The lowest BCUT2D eigenvalue weighted by Gasteiger charge is -2.10. The maximum atomic E-state index is 3.39. The molecule has 2 heteroatoms. The maximum absolute atomic E-state index is 3.39. The Balaban J connectivity index is 2.29. The number of thiophene rings is 1. The van der Waals surface area contributed by atoms with E-state index in [1.54, 1.807) is 0 Å². The van der Waals surface area contributed by atoms with Gasteiger partial charge in [0.05, 0.1) is 5.54 Å². The minimum Gasteiger partial charge on any atom is -0.310 e. The third kappa shape index (κ3) is 1.10. The first-order chi connectivity index (χ1) is 5.27. The molecule has 0 spiro atoms. The highest BCUT2D eigenvalue weighted by atomic mass is 32.1. The Morgan fingerprint density at radius 1 is 1.55 bits per heavy atom. The van der Waals surface area contributed by atoms with Crippen molar-refractivity contribution in [3.05, 3.63) is 21.9 Å². The Hall–Kier alpha value is -0.340. The monoisotopic (exact) mass is 167 g/mol. The van der Waals surface area contributed by atoms with E-state index in [2.05, 4.69) is 30.7 Å². The molecule has 0 saturated heterocycles.